The Morgan fingerprint density at radius 1 is 0.609 bits per heavy atom. The second kappa shape index (κ2) is 9.78. The van der Waals surface area contributed by atoms with E-state index in [1.807, 2.05) is 13.8 Å². The number of carbonyl (C=O) groups is 2. The van der Waals surface area contributed by atoms with Crippen LogP contribution in [0.5, 0.6) is 34.5 Å². The third kappa shape index (κ3) is 3.74. The molecule has 2 saturated heterocycles. The number of rotatable bonds is 3. The van der Waals surface area contributed by atoms with E-state index >= 15 is 0 Å². The Kier molecular flexibility index (Phi) is 6.06. The first kappa shape index (κ1) is 28.5. The number of hydrogen-bond acceptors (Lipinski definition) is 12. The molecule has 6 unspecified atom stereocenters. The normalized spacial score (nSPS) is 26.3. The lowest BCUT2D eigenvalue weighted by Crippen LogP contribution is -2.29. The van der Waals surface area contributed by atoms with Crippen LogP contribution in [0.25, 0.3) is 32.7 Å². The van der Waals surface area contributed by atoms with Gasteiger partial charge in [0.1, 0.15) is 70.0 Å². The van der Waals surface area contributed by atoms with E-state index in [1.165, 1.54) is 14.2 Å². The van der Waals surface area contributed by atoms with Crippen molar-refractivity contribution >= 4 is 33.5 Å². The maximum absolute atomic E-state index is 13.1. The molecule has 4 N–H and O–H groups in total. The van der Waals surface area contributed by atoms with Crippen LogP contribution in [-0.4, -0.2) is 71.0 Å². The minimum atomic E-state index is -0.749. The minimum absolute atomic E-state index is 0.0842. The van der Waals surface area contributed by atoms with Crippen molar-refractivity contribution in [2.75, 3.05) is 14.2 Å². The van der Waals surface area contributed by atoms with Crippen molar-refractivity contribution in [1.29, 1.82) is 0 Å². The highest BCUT2D eigenvalue weighted by Gasteiger charge is 2.46. The zero-order valence-electron chi connectivity index (χ0n) is 25.2. The van der Waals surface area contributed by atoms with Gasteiger partial charge in [0.25, 0.3) is 0 Å². The van der Waals surface area contributed by atoms with E-state index in [0.29, 0.717) is 34.7 Å². The average molecular weight is 631 g/mol. The molecule has 4 aliphatic heterocycles. The van der Waals surface area contributed by atoms with Crippen LogP contribution in [0.15, 0.2) is 24.3 Å². The van der Waals surface area contributed by atoms with E-state index in [-0.39, 0.29) is 56.7 Å². The molecule has 0 bridgehead atoms. The maximum Gasteiger partial charge on any atom is 0.342 e. The monoisotopic (exact) mass is 630 g/mol. The van der Waals surface area contributed by atoms with Crippen LogP contribution in [0.3, 0.4) is 0 Å². The highest BCUT2D eigenvalue weighted by atomic mass is 16.6. The fourth-order valence-electron chi connectivity index (χ4n) is 7.59. The van der Waals surface area contributed by atoms with Crippen molar-refractivity contribution in [3.63, 3.8) is 0 Å². The van der Waals surface area contributed by atoms with Crippen LogP contribution in [0, 0.1) is 0 Å². The first-order chi connectivity index (χ1) is 22.0. The number of ether oxygens (including phenoxy) is 6. The van der Waals surface area contributed by atoms with Gasteiger partial charge in [0.15, 0.2) is 0 Å². The molecule has 8 rings (SSSR count). The lowest BCUT2D eigenvalue weighted by atomic mass is 9.87. The Bertz CT molecular complexity index is 1890. The van der Waals surface area contributed by atoms with Gasteiger partial charge < -0.3 is 48.8 Å². The van der Waals surface area contributed by atoms with Crippen LogP contribution in [0.2, 0.25) is 0 Å². The number of methoxy groups -OCH3 is 2. The number of hydrogen-bond donors (Lipinski definition) is 4. The van der Waals surface area contributed by atoms with Crippen molar-refractivity contribution in [2.24, 2.45) is 0 Å². The summed E-state index contributed by atoms with van der Waals surface area (Å²) in [6, 6.07) is 6.38. The van der Waals surface area contributed by atoms with E-state index in [2.05, 4.69) is 0 Å². The number of phenols is 4. The predicted octanol–water partition coefficient (Wildman–Crippen LogP) is 5.28. The number of aromatic hydroxyl groups is 4. The molecular weight excluding hydrogens is 600 g/mol. The molecule has 2 fully saturated rings. The molecule has 0 saturated carbocycles. The smallest absolute Gasteiger partial charge is 0.342 e. The van der Waals surface area contributed by atoms with E-state index < -0.39 is 59.4 Å². The van der Waals surface area contributed by atoms with Crippen LogP contribution in [0.1, 0.15) is 70.7 Å². The summed E-state index contributed by atoms with van der Waals surface area (Å²) >= 11 is 0. The molecule has 4 aromatic rings. The van der Waals surface area contributed by atoms with Crippen molar-refractivity contribution < 1.29 is 58.4 Å². The average Bonchev–Trinajstić information content (AvgIpc) is 3.57. The Balaban J connectivity index is 1.39. The molecule has 4 aromatic carbocycles. The summed E-state index contributed by atoms with van der Waals surface area (Å²) in [4.78, 5) is 26.2. The zero-order chi connectivity index (χ0) is 32.3. The Labute approximate surface area is 261 Å². The first-order valence-corrected chi connectivity index (χ1v) is 14.9. The van der Waals surface area contributed by atoms with Crippen molar-refractivity contribution in [2.45, 2.75) is 63.3 Å². The van der Waals surface area contributed by atoms with E-state index in [4.69, 9.17) is 28.4 Å². The van der Waals surface area contributed by atoms with Crippen LogP contribution in [-0.2, 0) is 18.9 Å². The molecular formula is C34H30O12. The molecule has 0 aliphatic carbocycles. The fourth-order valence-corrected chi connectivity index (χ4v) is 7.59. The zero-order valence-corrected chi connectivity index (χ0v) is 25.2. The Hall–Kier alpha value is -4.94. The van der Waals surface area contributed by atoms with Gasteiger partial charge in [-0.2, -0.15) is 0 Å². The molecule has 12 heteroatoms. The molecule has 6 atom stereocenters. The second-order valence-electron chi connectivity index (χ2n) is 12.3. The topological polar surface area (TPSA) is 170 Å². The predicted molar refractivity (Wildman–Crippen MR) is 161 cm³/mol. The Morgan fingerprint density at radius 2 is 0.978 bits per heavy atom. The van der Waals surface area contributed by atoms with Gasteiger partial charge in [0.05, 0.1) is 48.3 Å². The highest BCUT2D eigenvalue weighted by molar-refractivity contribution is 6.13. The third-order valence-electron chi connectivity index (χ3n) is 9.53. The maximum atomic E-state index is 13.1. The summed E-state index contributed by atoms with van der Waals surface area (Å²) in [5.41, 5.74) is 0.409. The van der Waals surface area contributed by atoms with Crippen molar-refractivity contribution in [1.82, 2.24) is 0 Å². The second-order valence-corrected chi connectivity index (χ2v) is 12.3. The summed E-state index contributed by atoms with van der Waals surface area (Å²) < 4.78 is 34.5. The molecule has 0 radical (unpaired) electrons. The standard InChI is InChI=1S/C34H30O12/c1-11-5-19-31(43-11)15-7-13-9-17(41-3)25(29(37)21(13)27(35)23(15)33(39)45-19)26-18(42-4)10-14-8-16-24(28(36)22(14)30(26)38)34(40)46-20-6-12(2)44-32(16)20/h7-12,19-20,31-32,35-38H,5-6H2,1-4H3. The fraction of sp³-hybridized carbons (Fsp3) is 0.353. The molecule has 0 aromatic heterocycles. The van der Waals surface area contributed by atoms with Gasteiger partial charge >= 0.3 is 11.9 Å². The van der Waals surface area contributed by atoms with Crippen LogP contribution < -0.4 is 9.47 Å². The van der Waals surface area contributed by atoms with E-state index in [9.17, 15) is 30.0 Å². The number of phenolic OH excluding ortho intramolecular Hbond substituents is 4. The van der Waals surface area contributed by atoms with Gasteiger partial charge in [-0.1, -0.05) is 0 Å². The lowest BCUT2D eigenvalue weighted by Gasteiger charge is -2.29. The SMILES string of the molecule is COc1cc2cc3c(c(O)c2c(O)c1-c1c(OC)cc2cc4c(c(O)c2c1O)C(=O)OC1CC(C)OC41)C(=O)OC1CC(C)OC31. The number of fused-ring (bicyclic) bond motifs is 8. The largest absolute Gasteiger partial charge is 0.506 e. The highest BCUT2D eigenvalue weighted by Crippen LogP contribution is 2.57. The summed E-state index contributed by atoms with van der Waals surface area (Å²) in [6.07, 6.45) is -1.53. The number of benzene rings is 4. The van der Waals surface area contributed by atoms with E-state index in [1.54, 1.807) is 24.3 Å². The van der Waals surface area contributed by atoms with Crippen molar-refractivity contribution in [3.8, 4) is 45.6 Å². The summed E-state index contributed by atoms with van der Waals surface area (Å²) in [5.74, 6) is -3.46. The molecule has 46 heavy (non-hydrogen) atoms. The van der Waals surface area contributed by atoms with Crippen LogP contribution in [0.4, 0.5) is 0 Å². The number of carbonyl (C=O) groups excluding carboxylic acids is 2. The Morgan fingerprint density at radius 3 is 1.35 bits per heavy atom. The van der Waals surface area contributed by atoms with Crippen LogP contribution >= 0.6 is 0 Å². The first-order valence-electron chi connectivity index (χ1n) is 14.9. The van der Waals surface area contributed by atoms with Gasteiger partial charge in [0, 0.05) is 24.0 Å². The summed E-state index contributed by atoms with van der Waals surface area (Å²) in [6.45, 7) is 3.74. The lowest BCUT2D eigenvalue weighted by molar-refractivity contribution is -0.0197. The van der Waals surface area contributed by atoms with Gasteiger partial charge in [-0.15, -0.1) is 0 Å². The molecule has 4 aliphatic rings. The molecule has 238 valence electrons. The summed E-state index contributed by atoms with van der Waals surface area (Å²) in [5, 5.41) is 47.1. The van der Waals surface area contributed by atoms with Gasteiger partial charge in [-0.05, 0) is 48.9 Å². The van der Waals surface area contributed by atoms with Gasteiger partial charge in [-0.3, -0.25) is 0 Å². The van der Waals surface area contributed by atoms with Gasteiger partial charge in [0.2, 0.25) is 0 Å². The summed E-state index contributed by atoms with van der Waals surface area (Å²) in [7, 11) is 2.73. The minimum Gasteiger partial charge on any atom is -0.506 e. The molecule has 0 spiro atoms. The molecule has 4 heterocycles. The van der Waals surface area contributed by atoms with Gasteiger partial charge in [-0.25, -0.2) is 9.59 Å². The third-order valence-corrected chi connectivity index (χ3v) is 9.53. The molecule has 12 nitrogen and oxygen atoms in total. The van der Waals surface area contributed by atoms with Crippen molar-refractivity contribution in [3.05, 3.63) is 46.5 Å². The molecule has 0 amide bonds. The van der Waals surface area contributed by atoms with E-state index in [0.717, 1.165) is 0 Å². The quantitative estimate of drug-likeness (QED) is 0.216. The number of esters is 2.